The zero-order valence-corrected chi connectivity index (χ0v) is 12.1. The van der Waals surface area contributed by atoms with Crippen LogP contribution in [0.25, 0.3) is 0 Å². The van der Waals surface area contributed by atoms with Crippen LogP contribution in [0.5, 0.6) is 0 Å². The number of aromatic nitrogens is 1. The van der Waals surface area contributed by atoms with Crippen LogP contribution in [0.4, 0.5) is 0 Å². The Morgan fingerprint density at radius 3 is 2.48 bits per heavy atom. The van der Waals surface area contributed by atoms with Crippen LogP contribution < -0.4 is 0 Å². The number of nitrogens with zero attached hydrogens (tertiary/aromatic N) is 3. The van der Waals surface area contributed by atoms with Crippen LogP contribution in [0.1, 0.15) is 35.6 Å². The second kappa shape index (κ2) is 6.51. The summed E-state index contributed by atoms with van der Waals surface area (Å²) in [6, 6.07) is 16.6. The van der Waals surface area contributed by atoms with Crippen LogP contribution in [0.2, 0.25) is 0 Å². The van der Waals surface area contributed by atoms with Crippen molar-refractivity contribution in [3.05, 3.63) is 65.5 Å². The fourth-order valence-corrected chi connectivity index (χ4v) is 2.98. The van der Waals surface area contributed by atoms with Gasteiger partial charge in [0.15, 0.2) is 0 Å². The number of rotatable bonds is 3. The van der Waals surface area contributed by atoms with E-state index in [1.165, 1.54) is 24.0 Å². The molecule has 1 aliphatic heterocycles. The first-order valence-electron chi connectivity index (χ1n) is 7.47. The second-order valence-electron chi connectivity index (χ2n) is 5.62. The van der Waals surface area contributed by atoms with Crippen LogP contribution >= 0.6 is 0 Å². The van der Waals surface area contributed by atoms with E-state index in [1.54, 1.807) is 0 Å². The lowest BCUT2D eigenvalue weighted by Crippen LogP contribution is -2.32. The Morgan fingerprint density at radius 2 is 1.86 bits per heavy atom. The van der Waals surface area contributed by atoms with Gasteiger partial charge in [-0.15, -0.1) is 0 Å². The number of hydrogen-bond donors (Lipinski definition) is 0. The number of benzene rings is 1. The molecule has 0 bridgehead atoms. The van der Waals surface area contributed by atoms with Crippen LogP contribution in [0.15, 0.2) is 48.7 Å². The van der Waals surface area contributed by atoms with E-state index < -0.39 is 0 Å². The molecule has 0 N–H and O–H groups in total. The minimum Gasteiger partial charge on any atom is -0.299 e. The molecule has 1 aromatic heterocycles. The Morgan fingerprint density at radius 1 is 1.10 bits per heavy atom. The molecule has 0 amide bonds. The van der Waals surface area contributed by atoms with E-state index in [2.05, 4.69) is 52.4 Å². The Bertz CT molecular complexity index is 605. The first-order chi connectivity index (χ1) is 10.3. The van der Waals surface area contributed by atoms with E-state index >= 15 is 0 Å². The van der Waals surface area contributed by atoms with E-state index in [-0.39, 0.29) is 0 Å². The molecule has 3 heteroatoms. The normalized spacial score (nSPS) is 16.5. The van der Waals surface area contributed by atoms with E-state index in [9.17, 15) is 0 Å². The highest BCUT2D eigenvalue weighted by Gasteiger charge is 2.20. The molecule has 21 heavy (non-hydrogen) atoms. The second-order valence-corrected chi connectivity index (χ2v) is 5.62. The predicted octanol–water partition coefficient (Wildman–Crippen LogP) is 3.33. The summed E-state index contributed by atoms with van der Waals surface area (Å²) < 4.78 is 0. The van der Waals surface area contributed by atoms with Crippen molar-refractivity contribution in [2.75, 3.05) is 13.1 Å². The van der Waals surface area contributed by atoms with Crippen molar-refractivity contribution < 1.29 is 0 Å². The quantitative estimate of drug-likeness (QED) is 0.864. The first kappa shape index (κ1) is 13.8. The SMILES string of the molecule is N#Cc1ccc(C2CCN(Cc3ccccc3)CC2)cn1. The van der Waals surface area contributed by atoms with Crippen molar-refractivity contribution in [2.45, 2.75) is 25.3 Å². The third-order valence-electron chi connectivity index (χ3n) is 4.21. The lowest BCUT2D eigenvalue weighted by atomic mass is 9.90. The van der Waals surface area contributed by atoms with Crippen molar-refractivity contribution in [1.82, 2.24) is 9.88 Å². The van der Waals surface area contributed by atoms with E-state index in [0.717, 1.165) is 19.6 Å². The zero-order chi connectivity index (χ0) is 14.5. The maximum Gasteiger partial charge on any atom is 0.140 e. The van der Waals surface area contributed by atoms with Crippen molar-refractivity contribution in [2.24, 2.45) is 0 Å². The van der Waals surface area contributed by atoms with E-state index in [1.807, 2.05) is 12.3 Å². The van der Waals surface area contributed by atoms with Gasteiger partial charge in [0.25, 0.3) is 0 Å². The Hall–Kier alpha value is -2.18. The van der Waals surface area contributed by atoms with Gasteiger partial charge in [-0.25, -0.2) is 4.98 Å². The summed E-state index contributed by atoms with van der Waals surface area (Å²) in [5, 5.41) is 8.79. The molecule has 0 saturated carbocycles. The maximum atomic E-state index is 8.79. The molecule has 0 spiro atoms. The number of pyridine rings is 1. The van der Waals surface area contributed by atoms with Crippen LogP contribution in [-0.4, -0.2) is 23.0 Å². The summed E-state index contributed by atoms with van der Waals surface area (Å²) in [5.74, 6) is 0.581. The molecule has 2 heterocycles. The summed E-state index contributed by atoms with van der Waals surface area (Å²) in [5.41, 5.74) is 3.16. The molecule has 1 aliphatic rings. The summed E-state index contributed by atoms with van der Waals surface area (Å²) in [6.45, 7) is 3.29. The maximum absolute atomic E-state index is 8.79. The Labute approximate surface area is 125 Å². The number of hydrogen-bond acceptors (Lipinski definition) is 3. The highest BCUT2D eigenvalue weighted by Crippen LogP contribution is 2.28. The molecule has 0 radical (unpaired) electrons. The molecule has 3 nitrogen and oxygen atoms in total. The molecular formula is C18H19N3. The molecule has 1 fully saturated rings. The van der Waals surface area contributed by atoms with Gasteiger partial charge in [-0.2, -0.15) is 5.26 Å². The first-order valence-corrected chi connectivity index (χ1v) is 7.47. The van der Waals surface area contributed by atoms with Gasteiger partial charge >= 0.3 is 0 Å². The lowest BCUT2D eigenvalue weighted by Gasteiger charge is -2.32. The average molecular weight is 277 g/mol. The standard InChI is InChI=1S/C18H19N3/c19-12-18-7-6-17(13-20-18)16-8-10-21(11-9-16)14-15-4-2-1-3-5-15/h1-7,13,16H,8-11,14H2. The van der Waals surface area contributed by atoms with Gasteiger partial charge in [0, 0.05) is 12.7 Å². The van der Waals surface area contributed by atoms with Crippen LogP contribution in [-0.2, 0) is 6.54 Å². The van der Waals surface area contributed by atoms with Gasteiger partial charge in [-0.05, 0) is 49.0 Å². The highest BCUT2D eigenvalue weighted by molar-refractivity contribution is 5.25. The molecule has 1 aromatic carbocycles. The van der Waals surface area contributed by atoms with Gasteiger partial charge in [-0.1, -0.05) is 36.4 Å². The van der Waals surface area contributed by atoms with Gasteiger partial charge in [0.1, 0.15) is 11.8 Å². The molecule has 2 aromatic rings. The topological polar surface area (TPSA) is 39.9 Å². The minimum absolute atomic E-state index is 0.500. The molecule has 0 aliphatic carbocycles. The van der Waals surface area contributed by atoms with Crippen LogP contribution in [0.3, 0.4) is 0 Å². The highest BCUT2D eigenvalue weighted by atomic mass is 15.1. The Balaban J connectivity index is 1.56. The molecule has 1 saturated heterocycles. The zero-order valence-electron chi connectivity index (χ0n) is 12.1. The van der Waals surface area contributed by atoms with E-state index in [4.69, 9.17) is 5.26 Å². The van der Waals surface area contributed by atoms with Gasteiger partial charge in [-0.3, -0.25) is 4.90 Å². The Kier molecular flexibility index (Phi) is 4.28. The summed E-state index contributed by atoms with van der Waals surface area (Å²) in [6.07, 6.45) is 4.21. The number of likely N-dealkylation sites (tertiary alicyclic amines) is 1. The van der Waals surface area contributed by atoms with Crippen LogP contribution in [0, 0.1) is 11.3 Å². The van der Waals surface area contributed by atoms with Gasteiger partial charge < -0.3 is 0 Å². The predicted molar refractivity (Wildman–Crippen MR) is 82.6 cm³/mol. The smallest absolute Gasteiger partial charge is 0.140 e. The monoisotopic (exact) mass is 277 g/mol. The summed E-state index contributed by atoms with van der Waals surface area (Å²) in [7, 11) is 0. The van der Waals surface area contributed by atoms with Crippen molar-refractivity contribution in [3.8, 4) is 6.07 Å². The molecule has 0 unspecified atom stereocenters. The molecule has 106 valence electrons. The largest absolute Gasteiger partial charge is 0.299 e. The van der Waals surface area contributed by atoms with Gasteiger partial charge in [0.2, 0.25) is 0 Å². The van der Waals surface area contributed by atoms with Crippen molar-refractivity contribution >= 4 is 0 Å². The summed E-state index contributed by atoms with van der Waals surface area (Å²) >= 11 is 0. The number of nitriles is 1. The molecule has 3 rings (SSSR count). The van der Waals surface area contributed by atoms with E-state index in [0.29, 0.717) is 11.6 Å². The fourth-order valence-electron chi connectivity index (χ4n) is 2.98. The van der Waals surface area contributed by atoms with Gasteiger partial charge in [0.05, 0.1) is 0 Å². The molecule has 0 atom stereocenters. The molecular weight excluding hydrogens is 258 g/mol. The third kappa shape index (κ3) is 3.48. The third-order valence-corrected chi connectivity index (χ3v) is 4.21. The lowest BCUT2D eigenvalue weighted by molar-refractivity contribution is 0.204. The fraction of sp³-hybridized carbons (Fsp3) is 0.333. The van der Waals surface area contributed by atoms with Crippen molar-refractivity contribution in [1.29, 1.82) is 5.26 Å². The number of piperidine rings is 1. The van der Waals surface area contributed by atoms with Crippen molar-refractivity contribution in [3.63, 3.8) is 0 Å². The summed E-state index contributed by atoms with van der Waals surface area (Å²) in [4.78, 5) is 6.70. The minimum atomic E-state index is 0.500. The average Bonchev–Trinajstić information content (AvgIpc) is 2.57.